The molecule has 0 unspecified atom stereocenters. The third-order valence-corrected chi connectivity index (χ3v) is 1.66. The topological polar surface area (TPSA) is 22.1 Å². The fourth-order valence-electron chi connectivity index (χ4n) is 0.937. The van der Waals surface area contributed by atoms with Crippen LogP contribution in [0, 0.1) is 0 Å². The summed E-state index contributed by atoms with van der Waals surface area (Å²) in [6.45, 7) is 0.00361. The molecule has 0 saturated carbocycles. The van der Waals surface area contributed by atoms with Gasteiger partial charge in [-0.2, -0.15) is 13.2 Å². The summed E-state index contributed by atoms with van der Waals surface area (Å²) in [5, 5.41) is -0.188. The maximum atomic E-state index is 12.3. The van der Waals surface area contributed by atoms with Gasteiger partial charge >= 0.3 is 6.18 Å². The predicted octanol–water partition coefficient (Wildman–Crippen LogP) is 2.90. The van der Waals surface area contributed by atoms with Gasteiger partial charge in [0.2, 0.25) is 0 Å². The average molecular weight is 226 g/mol. The highest BCUT2D eigenvalue weighted by Gasteiger charge is 2.31. The Kier molecular flexibility index (Phi) is 3.34. The standard InChI is InChI=1S/C8H7ClF3NO/c1-14-4-6-2-5(8(10,11)12)3-7(9)13-6/h2-3H,4H2,1H3. The number of alkyl halides is 3. The number of nitrogens with zero attached hydrogens (tertiary/aromatic N) is 1. The molecule has 1 aromatic heterocycles. The zero-order chi connectivity index (χ0) is 10.8. The van der Waals surface area contributed by atoms with Crippen LogP contribution in [0.2, 0.25) is 5.15 Å². The first-order valence-corrected chi connectivity index (χ1v) is 4.04. The Morgan fingerprint density at radius 3 is 2.57 bits per heavy atom. The van der Waals surface area contributed by atoms with Gasteiger partial charge in [0.15, 0.2) is 0 Å². The number of methoxy groups -OCH3 is 1. The van der Waals surface area contributed by atoms with Crippen LogP contribution in [0.15, 0.2) is 12.1 Å². The van der Waals surface area contributed by atoms with Crippen LogP contribution in [-0.2, 0) is 17.5 Å². The lowest BCUT2D eigenvalue weighted by molar-refractivity contribution is -0.137. The minimum Gasteiger partial charge on any atom is -0.378 e. The molecule has 0 aliphatic rings. The highest BCUT2D eigenvalue weighted by Crippen LogP contribution is 2.30. The van der Waals surface area contributed by atoms with Crippen LogP contribution < -0.4 is 0 Å². The van der Waals surface area contributed by atoms with Gasteiger partial charge < -0.3 is 4.74 Å². The van der Waals surface area contributed by atoms with Gasteiger partial charge in [0, 0.05) is 7.11 Å². The number of rotatable bonds is 2. The van der Waals surface area contributed by atoms with E-state index in [9.17, 15) is 13.2 Å². The van der Waals surface area contributed by atoms with Crippen molar-refractivity contribution < 1.29 is 17.9 Å². The quantitative estimate of drug-likeness (QED) is 0.722. The minimum absolute atomic E-state index is 0.00361. The van der Waals surface area contributed by atoms with E-state index in [-0.39, 0.29) is 17.5 Å². The van der Waals surface area contributed by atoms with Crippen molar-refractivity contribution in [3.63, 3.8) is 0 Å². The van der Waals surface area contributed by atoms with Gasteiger partial charge in [-0.3, -0.25) is 0 Å². The second-order valence-corrected chi connectivity index (χ2v) is 2.99. The summed E-state index contributed by atoms with van der Waals surface area (Å²) in [5.74, 6) is 0. The van der Waals surface area contributed by atoms with Crippen molar-refractivity contribution in [2.24, 2.45) is 0 Å². The molecule has 0 radical (unpaired) electrons. The van der Waals surface area contributed by atoms with Crippen molar-refractivity contribution in [1.29, 1.82) is 0 Å². The number of hydrogen-bond donors (Lipinski definition) is 0. The molecule has 0 spiro atoms. The van der Waals surface area contributed by atoms with E-state index in [0.29, 0.717) is 0 Å². The van der Waals surface area contributed by atoms with E-state index >= 15 is 0 Å². The molecule has 0 bridgehead atoms. The van der Waals surface area contributed by atoms with E-state index < -0.39 is 11.7 Å². The molecule has 0 fully saturated rings. The fourth-order valence-corrected chi connectivity index (χ4v) is 1.16. The first-order chi connectivity index (χ1) is 6.43. The van der Waals surface area contributed by atoms with Crippen LogP contribution in [0.4, 0.5) is 13.2 Å². The van der Waals surface area contributed by atoms with E-state index in [2.05, 4.69) is 9.72 Å². The van der Waals surface area contributed by atoms with Gasteiger partial charge in [-0.05, 0) is 12.1 Å². The number of hydrogen-bond acceptors (Lipinski definition) is 2. The van der Waals surface area contributed by atoms with Crippen LogP contribution in [0.25, 0.3) is 0 Å². The van der Waals surface area contributed by atoms with Crippen LogP contribution in [0.1, 0.15) is 11.3 Å². The maximum Gasteiger partial charge on any atom is 0.416 e. The monoisotopic (exact) mass is 225 g/mol. The summed E-state index contributed by atoms with van der Waals surface area (Å²) in [6.07, 6.45) is -4.41. The molecule has 0 saturated heterocycles. The Bertz CT molecular complexity index is 327. The normalized spacial score (nSPS) is 11.8. The molecule has 0 aliphatic carbocycles. The lowest BCUT2D eigenvalue weighted by Crippen LogP contribution is -2.07. The highest BCUT2D eigenvalue weighted by atomic mass is 35.5. The van der Waals surface area contributed by atoms with E-state index in [0.717, 1.165) is 12.1 Å². The summed E-state index contributed by atoms with van der Waals surface area (Å²) in [6, 6.07) is 1.69. The van der Waals surface area contributed by atoms with Crippen LogP contribution in [0.5, 0.6) is 0 Å². The van der Waals surface area contributed by atoms with Gasteiger partial charge in [-0.1, -0.05) is 11.6 Å². The lowest BCUT2D eigenvalue weighted by Gasteiger charge is -2.08. The van der Waals surface area contributed by atoms with Crippen molar-refractivity contribution in [2.45, 2.75) is 12.8 Å². The number of halogens is 4. The summed E-state index contributed by atoms with van der Waals surface area (Å²) in [4.78, 5) is 3.68. The first-order valence-electron chi connectivity index (χ1n) is 3.66. The molecular formula is C8H7ClF3NO. The molecule has 2 nitrogen and oxygen atoms in total. The average Bonchev–Trinajstić information content (AvgIpc) is 2.02. The summed E-state index contributed by atoms with van der Waals surface area (Å²) < 4.78 is 41.4. The molecule has 0 aromatic carbocycles. The molecule has 6 heteroatoms. The van der Waals surface area contributed by atoms with Gasteiger partial charge in [-0.15, -0.1) is 0 Å². The Hall–Kier alpha value is -0.810. The van der Waals surface area contributed by atoms with E-state index in [1.165, 1.54) is 7.11 Å². The fraction of sp³-hybridized carbons (Fsp3) is 0.375. The highest BCUT2D eigenvalue weighted by molar-refractivity contribution is 6.29. The molecule has 0 atom stereocenters. The molecule has 1 heterocycles. The van der Waals surface area contributed by atoms with Crippen molar-refractivity contribution in [2.75, 3.05) is 7.11 Å². The van der Waals surface area contributed by atoms with E-state index in [1.807, 2.05) is 0 Å². The van der Waals surface area contributed by atoms with Crippen molar-refractivity contribution in [3.8, 4) is 0 Å². The first kappa shape index (κ1) is 11.3. The van der Waals surface area contributed by atoms with Gasteiger partial charge in [-0.25, -0.2) is 4.98 Å². The molecule has 78 valence electrons. The van der Waals surface area contributed by atoms with Crippen molar-refractivity contribution in [1.82, 2.24) is 4.98 Å². The SMILES string of the molecule is COCc1cc(C(F)(F)F)cc(Cl)n1. The number of ether oxygens (including phenoxy) is 1. The van der Waals surface area contributed by atoms with E-state index in [4.69, 9.17) is 11.6 Å². The largest absolute Gasteiger partial charge is 0.416 e. The van der Waals surface area contributed by atoms with E-state index in [1.54, 1.807) is 0 Å². The molecule has 1 rings (SSSR count). The maximum absolute atomic E-state index is 12.3. The Labute approximate surface area is 83.7 Å². The van der Waals surface area contributed by atoms with Crippen LogP contribution in [-0.4, -0.2) is 12.1 Å². The molecule has 1 aromatic rings. The van der Waals surface area contributed by atoms with Crippen molar-refractivity contribution >= 4 is 11.6 Å². The van der Waals surface area contributed by atoms with Gasteiger partial charge in [0.05, 0.1) is 17.9 Å². The molecular weight excluding hydrogens is 219 g/mol. The zero-order valence-corrected chi connectivity index (χ0v) is 7.99. The number of pyridine rings is 1. The van der Waals surface area contributed by atoms with Crippen molar-refractivity contribution in [3.05, 3.63) is 28.5 Å². The zero-order valence-electron chi connectivity index (χ0n) is 7.23. The Morgan fingerprint density at radius 1 is 1.43 bits per heavy atom. The lowest BCUT2D eigenvalue weighted by atomic mass is 10.2. The molecule has 0 amide bonds. The van der Waals surface area contributed by atoms with Gasteiger partial charge in [0.25, 0.3) is 0 Å². The minimum atomic E-state index is -4.41. The summed E-state index contributed by atoms with van der Waals surface area (Å²) in [5.41, 5.74) is -0.656. The second-order valence-electron chi connectivity index (χ2n) is 2.60. The molecule has 0 N–H and O–H groups in total. The molecule has 14 heavy (non-hydrogen) atoms. The predicted molar refractivity (Wildman–Crippen MR) is 45.0 cm³/mol. The Morgan fingerprint density at radius 2 is 2.07 bits per heavy atom. The van der Waals surface area contributed by atoms with Crippen LogP contribution in [0.3, 0.4) is 0 Å². The van der Waals surface area contributed by atoms with Crippen LogP contribution >= 0.6 is 11.6 Å². The third kappa shape index (κ3) is 2.85. The third-order valence-electron chi connectivity index (χ3n) is 1.47. The summed E-state index contributed by atoms with van der Waals surface area (Å²) >= 11 is 5.43. The van der Waals surface area contributed by atoms with Gasteiger partial charge in [0.1, 0.15) is 5.15 Å². The molecule has 0 aliphatic heterocycles. The summed E-state index contributed by atoms with van der Waals surface area (Å²) in [7, 11) is 1.37. The smallest absolute Gasteiger partial charge is 0.378 e. The Balaban J connectivity index is 3.07. The number of aromatic nitrogens is 1. The second kappa shape index (κ2) is 4.14.